The van der Waals surface area contributed by atoms with Gasteiger partial charge in [0.15, 0.2) is 0 Å². The molecule has 2 N–H and O–H groups in total. The highest BCUT2D eigenvalue weighted by Crippen LogP contribution is 2.39. The average molecular weight is 456 g/mol. The lowest BCUT2D eigenvalue weighted by molar-refractivity contribution is 0.0951. The number of rotatable bonds is 5. The van der Waals surface area contributed by atoms with Crippen LogP contribution in [0.1, 0.15) is 43.1 Å². The van der Waals surface area contributed by atoms with E-state index in [4.69, 9.17) is 0 Å². The second-order valence-electron chi connectivity index (χ2n) is 6.57. The fraction of sp³-hybridized carbons (Fsp3) is 0.190. The summed E-state index contributed by atoms with van der Waals surface area (Å²) in [5.74, 6) is -0.372. The van der Waals surface area contributed by atoms with Crippen molar-refractivity contribution < 1.29 is 9.59 Å². The largest absolute Gasteiger partial charge is 0.348 e. The molecule has 0 bridgehead atoms. The number of aryl methyl sites for hydroxylation is 1. The summed E-state index contributed by atoms with van der Waals surface area (Å²) in [6.07, 6.45) is 6.30. The molecule has 7 heteroatoms. The van der Waals surface area contributed by atoms with Crippen molar-refractivity contribution in [2.24, 2.45) is 0 Å². The Kier molecular flexibility index (Phi) is 5.54. The molecule has 1 aliphatic carbocycles. The van der Waals surface area contributed by atoms with Crippen LogP contribution in [0.5, 0.6) is 0 Å². The molecule has 28 heavy (non-hydrogen) atoms. The van der Waals surface area contributed by atoms with Gasteiger partial charge in [0.1, 0.15) is 5.00 Å². The first-order valence-electron chi connectivity index (χ1n) is 9.00. The number of hydrogen-bond acceptors (Lipinski definition) is 4. The van der Waals surface area contributed by atoms with Gasteiger partial charge in [-0.15, -0.1) is 11.3 Å². The number of amides is 2. The van der Waals surface area contributed by atoms with E-state index in [2.05, 4.69) is 31.5 Å². The molecule has 1 aliphatic rings. The molecule has 5 nitrogen and oxygen atoms in total. The maximum absolute atomic E-state index is 12.9. The monoisotopic (exact) mass is 455 g/mol. The minimum Gasteiger partial charge on any atom is -0.348 e. The number of pyridine rings is 1. The van der Waals surface area contributed by atoms with Crippen LogP contribution in [0.25, 0.3) is 0 Å². The summed E-state index contributed by atoms with van der Waals surface area (Å²) < 4.78 is 0.912. The van der Waals surface area contributed by atoms with E-state index in [1.54, 1.807) is 24.5 Å². The molecule has 0 radical (unpaired) electrons. The van der Waals surface area contributed by atoms with E-state index in [1.165, 1.54) is 16.2 Å². The number of hydrogen-bond donors (Lipinski definition) is 2. The molecule has 1 aromatic carbocycles. The van der Waals surface area contributed by atoms with E-state index in [1.807, 2.05) is 24.3 Å². The van der Waals surface area contributed by atoms with Gasteiger partial charge in [0.2, 0.25) is 0 Å². The van der Waals surface area contributed by atoms with E-state index in [0.29, 0.717) is 22.7 Å². The number of anilines is 1. The lowest BCUT2D eigenvalue weighted by atomic mass is 10.1. The van der Waals surface area contributed by atoms with Crippen molar-refractivity contribution >= 4 is 44.1 Å². The molecule has 0 spiro atoms. The number of halogens is 1. The van der Waals surface area contributed by atoms with E-state index < -0.39 is 0 Å². The van der Waals surface area contributed by atoms with Gasteiger partial charge in [-0.3, -0.25) is 14.6 Å². The fourth-order valence-corrected chi connectivity index (χ4v) is 4.83. The Morgan fingerprint density at radius 3 is 2.68 bits per heavy atom. The molecule has 142 valence electrons. The molecule has 2 heterocycles. The lowest BCUT2D eigenvalue weighted by Gasteiger charge is -2.10. The third-order valence-corrected chi connectivity index (χ3v) is 6.39. The second kappa shape index (κ2) is 8.24. The van der Waals surface area contributed by atoms with Gasteiger partial charge in [-0.05, 0) is 60.7 Å². The number of benzene rings is 1. The molecular weight excluding hydrogens is 438 g/mol. The van der Waals surface area contributed by atoms with Crippen molar-refractivity contribution in [3.63, 3.8) is 0 Å². The molecule has 2 aromatic heterocycles. The third-order valence-electron chi connectivity index (χ3n) is 4.66. The maximum Gasteiger partial charge on any atom is 0.256 e. The molecule has 0 aliphatic heterocycles. The van der Waals surface area contributed by atoms with E-state index in [0.717, 1.165) is 34.9 Å². The quantitative estimate of drug-likeness (QED) is 0.591. The van der Waals surface area contributed by atoms with E-state index in [-0.39, 0.29) is 11.8 Å². The SMILES string of the molecule is O=C(Nc1sc2c(c1C(=O)NCc1cccnc1)CCC2)c1ccc(Br)cc1. The van der Waals surface area contributed by atoms with E-state index in [9.17, 15) is 9.59 Å². The molecule has 0 saturated heterocycles. The molecule has 3 aromatic rings. The van der Waals surface area contributed by atoms with Crippen molar-refractivity contribution in [3.05, 3.63) is 80.4 Å². The normalized spacial score (nSPS) is 12.5. The molecular formula is C21H18BrN3O2S. The summed E-state index contributed by atoms with van der Waals surface area (Å²) in [5.41, 5.74) is 3.16. The molecule has 2 amide bonds. The zero-order valence-electron chi connectivity index (χ0n) is 15.0. The Bertz CT molecular complexity index is 1020. The van der Waals surface area contributed by atoms with Crippen LogP contribution in [0, 0.1) is 0 Å². The number of thiophene rings is 1. The topological polar surface area (TPSA) is 71.1 Å². The fourth-order valence-electron chi connectivity index (χ4n) is 3.28. The van der Waals surface area contributed by atoms with Crippen LogP contribution in [0.4, 0.5) is 5.00 Å². The molecule has 0 saturated carbocycles. The summed E-state index contributed by atoms with van der Waals surface area (Å²) in [7, 11) is 0. The summed E-state index contributed by atoms with van der Waals surface area (Å²) in [6.45, 7) is 0.400. The Hall–Kier alpha value is -2.51. The van der Waals surface area contributed by atoms with Gasteiger partial charge >= 0.3 is 0 Å². The first kappa shape index (κ1) is 18.8. The van der Waals surface area contributed by atoms with Crippen molar-refractivity contribution in [2.75, 3.05) is 5.32 Å². The highest BCUT2D eigenvalue weighted by molar-refractivity contribution is 9.10. The minimum atomic E-state index is -0.214. The summed E-state index contributed by atoms with van der Waals surface area (Å²) in [4.78, 5) is 30.8. The standard InChI is InChI=1S/C21H18BrN3O2S/c22-15-8-6-14(7-9-15)19(26)25-21-18(16-4-1-5-17(16)28-21)20(27)24-12-13-3-2-10-23-11-13/h2-3,6-11H,1,4-5,12H2,(H,24,27)(H,25,26). The van der Waals surface area contributed by atoms with Crippen LogP contribution in [0.2, 0.25) is 0 Å². The predicted molar refractivity (Wildman–Crippen MR) is 114 cm³/mol. The van der Waals surface area contributed by atoms with Crippen LogP contribution in [-0.4, -0.2) is 16.8 Å². The number of carbonyl (C=O) groups is 2. The van der Waals surface area contributed by atoms with Crippen LogP contribution in [0.15, 0.2) is 53.3 Å². The molecule has 0 atom stereocenters. The van der Waals surface area contributed by atoms with Gasteiger partial charge in [-0.2, -0.15) is 0 Å². The Balaban J connectivity index is 1.55. The van der Waals surface area contributed by atoms with Gasteiger partial charge in [-0.1, -0.05) is 22.0 Å². The van der Waals surface area contributed by atoms with Crippen molar-refractivity contribution in [1.82, 2.24) is 10.3 Å². The molecule has 0 unspecified atom stereocenters. The van der Waals surface area contributed by atoms with Crippen LogP contribution in [0.3, 0.4) is 0 Å². The van der Waals surface area contributed by atoms with Crippen LogP contribution in [-0.2, 0) is 19.4 Å². The molecule has 0 fully saturated rings. The zero-order valence-corrected chi connectivity index (χ0v) is 17.4. The van der Waals surface area contributed by atoms with Gasteiger partial charge < -0.3 is 10.6 Å². The van der Waals surface area contributed by atoms with Gasteiger partial charge in [-0.25, -0.2) is 0 Å². The van der Waals surface area contributed by atoms with Crippen molar-refractivity contribution in [2.45, 2.75) is 25.8 Å². The number of carbonyl (C=O) groups excluding carboxylic acids is 2. The van der Waals surface area contributed by atoms with Crippen molar-refractivity contribution in [3.8, 4) is 0 Å². The number of aromatic nitrogens is 1. The van der Waals surface area contributed by atoms with E-state index >= 15 is 0 Å². The minimum absolute atomic E-state index is 0.158. The third kappa shape index (κ3) is 4.00. The number of nitrogens with one attached hydrogen (secondary N) is 2. The van der Waals surface area contributed by atoms with Crippen LogP contribution < -0.4 is 10.6 Å². The van der Waals surface area contributed by atoms with Gasteiger partial charge in [0, 0.05) is 33.9 Å². The Morgan fingerprint density at radius 1 is 1.11 bits per heavy atom. The highest BCUT2D eigenvalue weighted by Gasteiger charge is 2.27. The maximum atomic E-state index is 12.9. The first-order valence-corrected chi connectivity index (χ1v) is 10.6. The first-order chi connectivity index (χ1) is 13.6. The number of nitrogens with zero attached hydrogens (tertiary/aromatic N) is 1. The van der Waals surface area contributed by atoms with Gasteiger partial charge in [0.05, 0.1) is 5.56 Å². The summed E-state index contributed by atoms with van der Waals surface area (Å²) in [5, 5.41) is 6.53. The molecule has 4 rings (SSSR count). The highest BCUT2D eigenvalue weighted by atomic mass is 79.9. The zero-order chi connectivity index (χ0) is 19.5. The summed E-state index contributed by atoms with van der Waals surface area (Å²) in [6, 6.07) is 10.9. The Labute approximate surface area is 175 Å². The smallest absolute Gasteiger partial charge is 0.256 e. The van der Waals surface area contributed by atoms with Gasteiger partial charge in [0.25, 0.3) is 11.8 Å². The summed E-state index contributed by atoms with van der Waals surface area (Å²) >= 11 is 4.88. The average Bonchev–Trinajstić information content (AvgIpc) is 3.28. The Morgan fingerprint density at radius 2 is 1.93 bits per heavy atom. The number of fused-ring (bicyclic) bond motifs is 1. The lowest BCUT2D eigenvalue weighted by Crippen LogP contribution is -2.25. The predicted octanol–water partition coefficient (Wildman–Crippen LogP) is 4.58. The second-order valence-corrected chi connectivity index (χ2v) is 8.59. The van der Waals surface area contributed by atoms with Crippen LogP contribution >= 0.6 is 27.3 Å². The van der Waals surface area contributed by atoms with Crippen molar-refractivity contribution in [1.29, 1.82) is 0 Å².